The SMILES string of the molecule is CN=C(NCCCCN(C)C(C)C)NCC(c1ccc(OC)cc1)N1CCCC1.I. The molecule has 1 fully saturated rings. The molecule has 1 aliphatic rings. The summed E-state index contributed by atoms with van der Waals surface area (Å²) in [6.07, 6.45) is 4.90. The normalized spacial score (nSPS) is 15.9. The Morgan fingerprint density at radius 2 is 1.80 bits per heavy atom. The van der Waals surface area contributed by atoms with Crippen LogP contribution in [0.2, 0.25) is 0 Å². The molecule has 1 aromatic carbocycles. The molecule has 0 amide bonds. The van der Waals surface area contributed by atoms with Crippen LogP contribution in [0.5, 0.6) is 5.75 Å². The van der Waals surface area contributed by atoms with Crippen LogP contribution in [0.25, 0.3) is 0 Å². The van der Waals surface area contributed by atoms with Gasteiger partial charge in [0.15, 0.2) is 5.96 Å². The third kappa shape index (κ3) is 8.98. The van der Waals surface area contributed by atoms with Crippen molar-refractivity contribution in [1.82, 2.24) is 20.4 Å². The Bertz CT molecular complexity index is 602. The van der Waals surface area contributed by atoms with Gasteiger partial charge in [0, 0.05) is 26.2 Å². The summed E-state index contributed by atoms with van der Waals surface area (Å²) in [5, 5.41) is 7.02. The van der Waals surface area contributed by atoms with Crippen LogP contribution in [0.4, 0.5) is 0 Å². The number of unbranched alkanes of at least 4 members (excludes halogenated alkanes) is 1. The van der Waals surface area contributed by atoms with E-state index >= 15 is 0 Å². The Kier molecular flexibility index (Phi) is 13.4. The van der Waals surface area contributed by atoms with Crippen molar-refractivity contribution in [3.63, 3.8) is 0 Å². The monoisotopic (exact) mass is 531 g/mol. The number of nitrogens with zero attached hydrogens (tertiary/aromatic N) is 3. The van der Waals surface area contributed by atoms with E-state index in [1.54, 1.807) is 7.11 Å². The summed E-state index contributed by atoms with van der Waals surface area (Å²) in [5.41, 5.74) is 1.33. The van der Waals surface area contributed by atoms with Crippen molar-refractivity contribution in [3.05, 3.63) is 29.8 Å². The lowest BCUT2D eigenvalue weighted by Crippen LogP contribution is -2.43. The average Bonchev–Trinajstić information content (AvgIpc) is 3.26. The van der Waals surface area contributed by atoms with Gasteiger partial charge in [0.2, 0.25) is 0 Å². The van der Waals surface area contributed by atoms with E-state index in [4.69, 9.17) is 4.74 Å². The molecule has 1 aromatic rings. The van der Waals surface area contributed by atoms with Crippen LogP contribution in [0.1, 0.15) is 51.1 Å². The first-order valence-electron chi connectivity index (χ1n) is 11.1. The Balaban J connectivity index is 0.00000450. The van der Waals surface area contributed by atoms with E-state index in [1.165, 1.54) is 24.8 Å². The predicted molar refractivity (Wildman–Crippen MR) is 138 cm³/mol. The Hall–Kier alpha value is -1.06. The minimum atomic E-state index is 0. The fraction of sp³-hybridized carbons (Fsp3) is 0.696. The molecular weight excluding hydrogens is 489 g/mol. The van der Waals surface area contributed by atoms with Crippen LogP contribution in [-0.4, -0.2) is 75.7 Å². The first-order chi connectivity index (χ1) is 14.0. The Morgan fingerprint density at radius 3 is 2.37 bits per heavy atom. The Labute approximate surface area is 200 Å². The molecule has 2 N–H and O–H groups in total. The van der Waals surface area contributed by atoms with E-state index in [0.717, 1.165) is 50.9 Å². The molecule has 30 heavy (non-hydrogen) atoms. The number of methoxy groups -OCH3 is 1. The minimum Gasteiger partial charge on any atom is -0.497 e. The van der Waals surface area contributed by atoms with Gasteiger partial charge in [-0.25, -0.2) is 0 Å². The van der Waals surface area contributed by atoms with Crippen LogP contribution >= 0.6 is 24.0 Å². The van der Waals surface area contributed by atoms with Gasteiger partial charge in [-0.1, -0.05) is 12.1 Å². The first-order valence-corrected chi connectivity index (χ1v) is 11.1. The van der Waals surface area contributed by atoms with Crippen LogP contribution in [0.3, 0.4) is 0 Å². The van der Waals surface area contributed by atoms with Gasteiger partial charge in [0.1, 0.15) is 5.75 Å². The van der Waals surface area contributed by atoms with Gasteiger partial charge in [-0.15, -0.1) is 24.0 Å². The number of hydrogen-bond donors (Lipinski definition) is 2. The van der Waals surface area contributed by atoms with Crippen molar-refractivity contribution >= 4 is 29.9 Å². The summed E-state index contributed by atoms with van der Waals surface area (Å²) in [5.74, 6) is 1.79. The number of aliphatic imine (C=N–C) groups is 1. The second-order valence-corrected chi connectivity index (χ2v) is 8.19. The lowest BCUT2D eigenvalue weighted by atomic mass is 10.1. The van der Waals surface area contributed by atoms with Gasteiger partial charge >= 0.3 is 0 Å². The fourth-order valence-corrected chi connectivity index (χ4v) is 3.70. The number of nitrogens with one attached hydrogen (secondary N) is 2. The van der Waals surface area contributed by atoms with Crippen LogP contribution in [-0.2, 0) is 0 Å². The van der Waals surface area contributed by atoms with Crippen molar-refractivity contribution in [1.29, 1.82) is 0 Å². The molecular formula is C23H42IN5O. The largest absolute Gasteiger partial charge is 0.497 e. The molecule has 1 heterocycles. The zero-order valence-corrected chi connectivity index (χ0v) is 21.8. The molecule has 0 bridgehead atoms. The molecule has 1 unspecified atom stereocenters. The molecule has 7 heteroatoms. The maximum atomic E-state index is 5.32. The highest BCUT2D eigenvalue weighted by molar-refractivity contribution is 14.0. The molecule has 2 rings (SSSR count). The van der Waals surface area contributed by atoms with E-state index in [2.05, 4.69) is 70.6 Å². The lowest BCUT2D eigenvalue weighted by Gasteiger charge is -2.29. The summed E-state index contributed by atoms with van der Waals surface area (Å²) < 4.78 is 5.32. The van der Waals surface area contributed by atoms with Crippen molar-refractivity contribution in [3.8, 4) is 5.75 Å². The number of likely N-dealkylation sites (tertiary alicyclic amines) is 1. The second-order valence-electron chi connectivity index (χ2n) is 8.19. The van der Waals surface area contributed by atoms with E-state index < -0.39 is 0 Å². The molecule has 0 aliphatic carbocycles. The predicted octanol–water partition coefficient (Wildman–Crippen LogP) is 3.74. The smallest absolute Gasteiger partial charge is 0.191 e. The average molecular weight is 532 g/mol. The molecule has 0 saturated carbocycles. The first kappa shape index (κ1) is 27.0. The van der Waals surface area contributed by atoms with Gasteiger partial charge < -0.3 is 20.3 Å². The quantitative estimate of drug-likeness (QED) is 0.197. The van der Waals surface area contributed by atoms with Crippen LogP contribution in [0.15, 0.2) is 29.3 Å². The number of hydrogen-bond acceptors (Lipinski definition) is 4. The highest BCUT2D eigenvalue weighted by Crippen LogP contribution is 2.26. The fourth-order valence-electron chi connectivity index (χ4n) is 3.70. The zero-order valence-electron chi connectivity index (χ0n) is 19.5. The summed E-state index contributed by atoms with van der Waals surface area (Å²) in [4.78, 5) is 9.38. The maximum Gasteiger partial charge on any atom is 0.191 e. The van der Waals surface area contributed by atoms with Crippen LogP contribution in [0, 0.1) is 0 Å². The van der Waals surface area contributed by atoms with Crippen molar-refractivity contribution in [2.45, 2.75) is 51.6 Å². The lowest BCUT2D eigenvalue weighted by molar-refractivity contribution is 0.245. The van der Waals surface area contributed by atoms with Gasteiger partial charge in [0.25, 0.3) is 0 Å². The van der Waals surface area contributed by atoms with Gasteiger partial charge in [-0.2, -0.15) is 0 Å². The highest BCUT2D eigenvalue weighted by atomic mass is 127. The van der Waals surface area contributed by atoms with Crippen LogP contribution < -0.4 is 15.4 Å². The molecule has 0 aromatic heterocycles. The topological polar surface area (TPSA) is 52.1 Å². The number of benzene rings is 1. The van der Waals surface area contributed by atoms with Gasteiger partial charge in [-0.05, 0) is 83.9 Å². The number of guanidine groups is 1. The van der Waals surface area contributed by atoms with Crippen molar-refractivity contribution in [2.24, 2.45) is 4.99 Å². The van der Waals surface area contributed by atoms with E-state index in [9.17, 15) is 0 Å². The zero-order chi connectivity index (χ0) is 21.1. The summed E-state index contributed by atoms with van der Waals surface area (Å²) in [6, 6.07) is 9.44. The summed E-state index contributed by atoms with van der Waals surface area (Å²) in [6.45, 7) is 9.74. The third-order valence-electron chi connectivity index (χ3n) is 5.88. The molecule has 1 aliphatic heterocycles. The summed E-state index contributed by atoms with van der Waals surface area (Å²) in [7, 11) is 5.75. The third-order valence-corrected chi connectivity index (χ3v) is 5.88. The minimum absolute atomic E-state index is 0. The number of halogens is 1. The van der Waals surface area contributed by atoms with Gasteiger partial charge in [0.05, 0.1) is 13.2 Å². The molecule has 6 nitrogen and oxygen atoms in total. The highest BCUT2D eigenvalue weighted by Gasteiger charge is 2.23. The van der Waals surface area contributed by atoms with E-state index in [0.29, 0.717) is 12.1 Å². The second kappa shape index (κ2) is 14.9. The van der Waals surface area contributed by atoms with E-state index in [-0.39, 0.29) is 24.0 Å². The van der Waals surface area contributed by atoms with Crippen molar-refractivity contribution < 1.29 is 4.74 Å². The van der Waals surface area contributed by atoms with Crippen molar-refractivity contribution in [2.75, 3.05) is 53.9 Å². The number of ether oxygens (including phenoxy) is 1. The Morgan fingerprint density at radius 1 is 1.13 bits per heavy atom. The standard InChI is InChI=1S/C23H41N5O.HI/c1-19(2)27(4)15-7-6-14-25-23(24-3)26-18-22(28-16-8-9-17-28)20-10-12-21(29-5)13-11-20;/h10-13,19,22H,6-9,14-18H2,1-5H3,(H2,24,25,26);1H. The molecule has 0 radical (unpaired) electrons. The summed E-state index contributed by atoms with van der Waals surface area (Å²) >= 11 is 0. The molecule has 172 valence electrons. The molecule has 1 saturated heterocycles. The molecule has 0 spiro atoms. The van der Waals surface area contributed by atoms with E-state index in [1.807, 2.05) is 7.05 Å². The van der Waals surface area contributed by atoms with Gasteiger partial charge in [-0.3, -0.25) is 9.89 Å². The number of rotatable bonds is 11. The molecule has 1 atom stereocenters. The maximum absolute atomic E-state index is 5.32.